The van der Waals surface area contributed by atoms with E-state index in [-0.39, 0.29) is 0 Å². The molecule has 1 aliphatic carbocycles. The highest BCUT2D eigenvalue weighted by Crippen LogP contribution is 2.26. The van der Waals surface area contributed by atoms with Gasteiger partial charge < -0.3 is 10.2 Å². The summed E-state index contributed by atoms with van der Waals surface area (Å²) in [6.45, 7) is 2.55. The number of likely N-dealkylation sites (tertiary alicyclic amines) is 1. The van der Waals surface area contributed by atoms with Crippen LogP contribution in [0.4, 0.5) is 0 Å². The quantitative estimate of drug-likeness (QED) is 0.777. The van der Waals surface area contributed by atoms with Gasteiger partial charge in [0.15, 0.2) is 0 Å². The first-order chi connectivity index (χ1) is 7.70. The van der Waals surface area contributed by atoms with Crippen LogP contribution in [-0.2, 0) is 0 Å². The molecular weight excluding hydrogens is 198 g/mol. The van der Waals surface area contributed by atoms with Crippen molar-refractivity contribution in [3.63, 3.8) is 0 Å². The molecule has 2 aliphatic rings. The summed E-state index contributed by atoms with van der Waals surface area (Å²) in [5, 5.41) is 3.42. The molecule has 3 heteroatoms. The van der Waals surface area contributed by atoms with Crippen LogP contribution in [0.25, 0.3) is 0 Å². The summed E-state index contributed by atoms with van der Waals surface area (Å²) in [5.74, 6) is 0. The fraction of sp³-hybridized carbons (Fsp3) is 1.00. The second-order valence-electron chi connectivity index (χ2n) is 5.68. The molecule has 2 rings (SSSR count). The van der Waals surface area contributed by atoms with Gasteiger partial charge in [0.05, 0.1) is 0 Å². The maximum atomic E-state index is 3.42. The van der Waals surface area contributed by atoms with E-state index in [1.165, 1.54) is 45.2 Å². The number of hydrogen-bond acceptors (Lipinski definition) is 3. The largest absolute Gasteiger partial charge is 0.317 e. The number of nitrogens with one attached hydrogen (secondary N) is 1. The highest BCUT2D eigenvalue weighted by molar-refractivity contribution is 4.89. The molecule has 1 saturated carbocycles. The van der Waals surface area contributed by atoms with Gasteiger partial charge in [-0.1, -0.05) is 0 Å². The van der Waals surface area contributed by atoms with E-state index in [2.05, 4.69) is 36.3 Å². The Balaban J connectivity index is 1.84. The smallest absolute Gasteiger partial charge is 0.0223 e. The monoisotopic (exact) mass is 225 g/mol. The van der Waals surface area contributed by atoms with Gasteiger partial charge in [-0.15, -0.1) is 0 Å². The zero-order chi connectivity index (χ0) is 11.5. The predicted molar refractivity (Wildman–Crippen MR) is 68.8 cm³/mol. The fourth-order valence-electron chi connectivity index (χ4n) is 3.36. The normalized spacial score (nSPS) is 37.1. The molecule has 1 aliphatic heterocycles. The van der Waals surface area contributed by atoms with Crippen molar-refractivity contribution in [3.05, 3.63) is 0 Å². The molecule has 1 heterocycles. The summed E-state index contributed by atoms with van der Waals surface area (Å²) in [4.78, 5) is 5.14. The van der Waals surface area contributed by atoms with Gasteiger partial charge in [0.2, 0.25) is 0 Å². The average molecular weight is 225 g/mol. The number of nitrogens with zero attached hydrogens (tertiary/aromatic N) is 2. The van der Waals surface area contributed by atoms with Gasteiger partial charge in [-0.2, -0.15) is 0 Å². The molecule has 1 N–H and O–H groups in total. The van der Waals surface area contributed by atoms with Crippen LogP contribution in [0.3, 0.4) is 0 Å². The van der Waals surface area contributed by atoms with E-state index in [1.807, 2.05) is 0 Å². The summed E-state index contributed by atoms with van der Waals surface area (Å²) < 4.78 is 0. The summed E-state index contributed by atoms with van der Waals surface area (Å²) in [7, 11) is 6.69. The van der Waals surface area contributed by atoms with E-state index >= 15 is 0 Å². The molecule has 0 bridgehead atoms. The first kappa shape index (κ1) is 12.3. The topological polar surface area (TPSA) is 18.5 Å². The van der Waals surface area contributed by atoms with Crippen molar-refractivity contribution in [1.29, 1.82) is 0 Å². The zero-order valence-corrected chi connectivity index (χ0v) is 11.1. The molecule has 0 spiro atoms. The highest BCUT2D eigenvalue weighted by atomic mass is 15.2. The van der Waals surface area contributed by atoms with Crippen molar-refractivity contribution >= 4 is 0 Å². The Kier molecular flexibility index (Phi) is 4.22. The lowest BCUT2D eigenvalue weighted by atomic mass is 10.0. The van der Waals surface area contributed by atoms with E-state index in [4.69, 9.17) is 0 Å². The molecule has 3 nitrogen and oxygen atoms in total. The fourth-order valence-corrected chi connectivity index (χ4v) is 3.36. The van der Waals surface area contributed by atoms with Crippen LogP contribution in [0.1, 0.15) is 32.1 Å². The first-order valence-electron chi connectivity index (χ1n) is 6.78. The Bertz CT molecular complexity index is 219. The van der Waals surface area contributed by atoms with Crippen molar-refractivity contribution in [1.82, 2.24) is 15.1 Å². The number of likely N-dealkylation sites (N-methyl/N-ethyl adjacent to an activating group) is 2. The second kappa shape index (κ2) is 5.48. The van der Waals surface area contributed by atoms with Crippen molar-refractivity contribution in [2.24, 2.45) is 0 Å². The maximum Gasteiger partial charge on any atom is 0.0223 e. The van der Waals surface area contributed by atoms with E-state index in [0.29, 0.717) is 0 Å². The molecule has 0 radical (unpaired) electrons. The van der Waals surface area contributed by atoms with Crippen molar-refractivity contribution in [3.8, 4) is 0 Å². The summed E-state index contributed by atoms with van der Waals surface area (Å²) >= 11 is 0. The van der Waals surface area contributed by atoms with Gasteiger partial charge in [0.25, 0.3) is 0 Å². The Morgan fingerprint density at radius 1 is 1.19 bits per heavy atom. The van der Waals surface area contributed by atoms with Crippen LogP contribution in [-0.4, -0.2) is 62.2 Å². The SMILES string of the molecule is CNC1CCC(N(C)C2CCCN(C)C2)C1. The number of piperidine rings is 1. The molecule has 3 atom stereocenters. The molecule has 94 valence electrons. The molecule has 0 aromatic heterocycles. The molecule has 0 aromatic rings. The minimum Gasteiger partial charge on any atom is -0.317 e. The van der Waals surface area contributed by atoms with Crippen LogP contribution in [0.2, 0.25) is 0 Å². The van der Waals surface area contributed by atoms with Crippen molar-refractivity contribution in [2.75, 3.05) is 34.2 Å². The molecule has 2 fully saturated rings. The standard InChI is InChI=1S/C13H27N3/c1-14-11-6-7-12(9-11)16(3)13-5-4-8-15(2)10-13/h11-14H,4-10H2,1-3H3. The minimum absolute atomic E-state index is 0.758. The molecular formula is C13H27N3. The van der Waals surface area contributed by atoms with E-state index in [0.717, 1.165) is 18.1 Å². The Hall–Kier alpha value is -0.120. The van der Waals surface area contributed by atoms with Gasteiger partial charge in [-0.3, -0.25) is 4.90 Å². The highest BCUT2D eigenvalue weighted by Gasteiger charge is 2.31. The van der Waals surface area contributed by atoms with Gasteiger partial charge in [-0.25, -0.2) is 0 Å². The molecule has 1 saturated heterocycles. The number of rotatable bonds is 3. The first-order valence-corrected chi connectivity index (χ1v) is 6.78. The van der Waals surface area contributed by atoms with Gasteiger partial charge >= 0.3 is 0 Å². The Labute approximate surface area is 100 Å². The van der Waals surface area contributed by atoms with Crippen LogP contribution < -0.4 is 5.32 Å². The summed E-state index contributed by atoms with van der Waals surface area (Å²) in [6.07, 6.45) is 6.83. The van der Waals surface area contributed by atoms with Crippen LogP contribution >= 0.6 is 0 Å². The lowest BCUT2D eigenvalue weighted by Gasteiger charge is -2.39. The van der Waals surface area contributed by atoms with Crippen LogP contribution in [0.15, 0.2) is 0 Å². The average Bonchev–Trinajstić information content (AvgIpc) is 2.76. The minimum atomic E-state index is 0.758. The van der Waals surface area contributed by atoms with E-state index in [9.17, 15) is 0 Å². The third-order valence-corrected chi connectivity index (χ3v) is 4.56. The Morgan fingerprint density at radius 2 is 2.00 bits per heavy atom. The lowest BCUT2D eigenvalue weighted by Crippen LogP contribution is -2.48. The Morgan fingerprint density at radius 3 is 2.62 bits per heavy atom. The maximum absolute atomic E-state index is 3.42. The van der Waals surface area contributed by atoms with Crippen LogP contribution in [0, 0.1) is 0 Å². The zero-order valence-electron chi connectivity index (χ0n) is 11.1. The van der Waals surface area contributed by atoms with Gasteiger partial charge in [0, 0.05) is 24.7 Å². The second-order valence-corrected chi connectivity index (χ2v) is 5.68. The lowest BCUT2D eigenvalue weighted by molar-refractivity contribution is 0.0996. The van der Waals surface area contributed by atoms with Gasteiger partial charge in [-0.05, 0) is 59.8 Å². The third-order valence-electron chi connectivity index (χ3n) is 4.56. The van der Waals surface area contributed by atoms with E-state index < -0.39 is 0 Å². The predicted octanol–water partition coefficient (Wildman–Crippen LogP) is 1.15. The van der Waals surface area contributed by atoms with Crippen molar-refractivity contribution < 1.29 is 0 Å². The third kappa shape index (κ3) is 2.76. The molecule has 0 aromatic carbocycles. The van der Waals surface area contributed by atoms with E-state index in [1.54, 1.807) is 0 Å². The van der Waals surface area contributed by atoms with Crippen LogP contribution in [0.5, 0.6) is 0 Å². The molecule has 3 unspecified atom stereocenters. The van der Waals surface area contributed by atoms with Crippen molar-refractivity contribution in [2.45, 2.75) is 50.2 Å². The van der Waals surface area contributed by atoms with Gasteiger partial charge in [0.1, 0.15) is 0 Å². The summed E-state index contributed by atoms with van der Waals surface area (Å²) in [6, 6.07) is 2.36. The summed E-state index contributed by atoms with van der Waals surface area (Å²) in [5.41, 5.74) is 0. The molecule has 0 amide bonds. The molecule has 16 heavy (non-hydrogen) atoms. The number of hydrogen-bond donors (Lipinski definition) is 1.